The Morgan fingerprint density at radius 2 is 2.18 bits per heavy atom. The number of hydrogen-bond donors (Lipinski definition) is 0. The molecule has 68 valence electrons. The highest BCUT2D eigenvalue weighted by Crippen LogP contribution is 2.08. The molecule has 0 aromatic carbocycles. The lowest BCUT2D eigenvalue weighted by Gasteiger charge is -2.20. The predicted molar refractivity (Wildman–Crippen MR) is 54.3 cm³/mol. The molecule has 0 amide bonds. The third kappa shape index (κ3) is 5.02. The number of hydrogen-bond acceptors (Lipinski definition) is 3. The van der Waals surface area contributed by atoms with Crippen LogP contribution in [0.3, 0.4) is 0 Å². The lowest BCUT2D eigenvalue weighted by Crippen LogP contribution is -2.29. The summed E-state index contributed by atoms with van der Waals surface area (Å²) in [4.78, 5) is 0. The van der Waals surface area contributed by atoms with Gasteiger partial charge in [0.15, 0.2) is 0 Å². The monoisotopic (exact) mass is 196 g/mol. The quantitative estimate of drug-likeness (QED) is 0.475. The molecule has 3 atom stereocenters. The number of rotatable bonds is 6. The zero-order chi connectivity index (χ0) is 8.69. The van der Waals surface area contributed by atoms with Crippen LogP contribution in [0.5, 0.6) is 0 Å². The van der Waals surface area contributed by atoms with Crippen molar-refractivity contribution in [2.24, 2.45) is 0 Å². The molecule has 0 aliphatic rings. The number of methoxy groups -OCH3 is 1. The van der Waals surface area contributed by atoms with E-state index in [1.807, 2.05) is 13.2 Å². The van der Waals surface area contributed by atoms with Gasteiger partial charge >= 0.3 is 0 Å². The third-order valence-electron chi connectivity index (χ3n) is 1.53. The Hall–Kier alpha value is 0.700. The van der Waals surface area contributed by atoms with Gasteiger partial charge in [0.1, 0.15) is 0 Å². The van der Waals surface area contributed by atoms with Gasteiger partial charge < -0.3 is 9.47 Å². The summed E-state index contributed by atoms with van der Waals surface area (Å²) in [7, 11) is 4.38. The largest absolute Gasteiger partial charge is 0.379 e. The molecule has 0 saturated carbocycles. The third-order valence-corrected chi connectivity index (χ3v) is 2.36. The Balaban J connectivity index is 3.56. The Bertz CT molecular complexity index is 92.5. The molecule has 0 N–H and O–H groups in total. The predicted octanol–water partition coefficient (Wildman–Crippen LogP) is 1.60. The summed E-state index contributed by atoms with van der Waals surface area (Å²) in [5, 5.41) is 0. The molecule has 0 spiro atoms. The van der Waals surface area contributed by atoms with Crippen molar-refractivity contribution in [3.05, 3.63) is 0 Å². The minimum atomic E-state index is 0.180. The average molecular weight is 196 g/mol. The van der Waals surface area contributed by atoms with E-state index in [1.54, 1.807) is 18.9 Å². The first-order chi connectivity index (χ1) is 5.26. The molecular formula is C7H17O2PS. The van der Waals surface area contributed by atoms with E-state index < -0.39 is 0 Å². The maximum absolute atomic E-state index is 5.51. The van der Waals surface area contributed by atoms with E-state index in [9.17, 15) is 0 Å². The van der Waals surface area contributed by atoms with Gasteiger partial charge in [-0.3, -0.25) is 0 Å². The van der Waals surface area contributed by atoms with Crippen LogP contribution in [0.1, 0.15) is 6.92 Å². The fraction of sp³-hybridized carbons (Fsp3) is 1.00. The molecule has 0 bridgehead atoms. The van der Waals surface area contributed by atoms with Crippen molar-refractivity contribution in [1.29, 1.82) is 0 Å². The Labute approximate surface area is 75.6 Å². The van der Waals surface area contributed by atoms with Gasteiger partial charge in [-0.1, -0.05) is 0 Å². The molecule has 11 heavy (non-hydrogen) atoms. The van der Waals surface area contributed by atoms with Crippen molar-refractivity contribution < 1.29 is 9.47 Å². The summed E-state index contributed by atoms with van der Waals surface area (Å²) in [5.41, 5.74) is 0. The molecule has 3 unspecified atom stereocenters. The van der Waals surface area contributed by atoms with E-state index in [2.05, 4.69) is 9.24 Å². The molecule has 0 aromatic rings. The van der Waals surface area contributed by atoms with Crippen LogP contribution >= 0.6 is 21.0 Å². The summed E-state index contributed by atoms with van der Waals surface area (Å²) < 4.78 is 10.7. The summed E-state index contributed by atoms with van der Waals surface area (Å²) in [6.45, 7) is 2.02. The van der Waals surface area contributed by atoms with Gasteiger partial charge in [0.05, 0.1) is 18.1 Å². The average Bonchev–Trinajstić information content (AvgIpc) is 2.05. The first-order valence-corrected chi connectivity index (χ1v) is 5.80. The normalized spacial score (nSPS) is 16.4. The molecule has 0 radical (unpaired) electrons. The van der Waals surface area contributed by atoms with E-state index in [1.165, 1.54) is 0 Å². The van der Waals surface area contributed by atoms with Crippen LogP contribution in [0.15, 0.2) is 0 Å². The minimum absolute atomic E-state index is 0.180. The smallest absolute Gasteiger partial charge is 0.0923 e. The van der Waals surface area contributed by atoms with Gasteiger partial charge in [0.2, 0.25) is 0 Å². The van der Waals surface area contributed by atoms with Gasteiger partial charge in [0.25, 0.3) is 0 Å². The van der Waals surface area contributed by atoms with Crippen LogP contribution in [-0.4, -0.2) is 37.7 Å². The second-order valence-electron chi connectivity index (χ2n) is 2.29. The van der Waals surface area contributed by atoms with Gasteiger partial charge in [0, 0.05) is 7.11 Å². The summed E-state index contributed by atoms with van der Waals surface area (Å²) in [5.74, 6) is 0.743. The van der Waals surface area contributed by atoms with Crippen LogP contribution in [-0.2, 0) is 9.47 Å². The highest BCUT2D eigenvalue weighted by molar-refractivity contribution is 7.98. The van der Waals surface area contributed by atoms with E-state index in [0.717, 1.165) is 12.1 Å². The Morgan fingerprint density at radius 1 is 1.55 bits per heavy atom. The van der Waals surface area contributed by atoms with E-state index in [-0.39, 0.29) is 12.2 Å². The zero-order valence-electron chi connectivity index (χ0n) is 7.37. The molecule has 0 fully saturated rings. The Morgan fingerprint density at radius 3 is 2.55 bits per heavy atom. The van der Waals surface area contributed by atoms with Crippen molar-refractivity contribution in [2.75, 3.05) is 25.5 Å². The summed E-state index contributed by atoms with van der Waals surface area (Å²) in [6.07, 6.45) is 3.34. The van der Waals surface area contributed by atoms with Crippen LogP contribution in [0, 0.1) is 0 Å². The fourth-order valence-electron chi connectivity index (χ4n) is 0.702. The molecule has 0 rings (SSSR count). The SMILES string of the molecule is COC(C)C(CP)OCSC. The van der Waals surface area contributed by atoms with Crippen molar-refractivity contribution in [3.8, 4) is 0 Å². The van der Waals surface area contributed by atoms with Crippen LogP contribution < -0.4 is 0 Å². The van der Waals surface area contributed by atoms with Gasteiger partial charge in [-0.05, 0) is 19.3 Å². The molecule has 2 nitrogen and oxygen atoms in total. The van der Waals surface area contributed by atoms with Crippen molar-refractivity contribution in [3.63, 3.8) is 0 Å². The molecule has 0 heterocycles. The zero-order valence-corrected chi connectivity index (χ0v) is 9.34. The number of thioether (sulfide) groups is 1. The lowest BCUT2D eigenvalue weighted by atomic mass is 10.2. The van der Waals surface area contributed by atoms with Crippen LogP contribution in [0.2, 0.25) is 0 Å². The molecule has 4 heteroatoms. The highest BCUT2D eigenvalue weighted by Gasteiger charge is 2.14. The minimum Gasteiger partial charge on any atom is -0.379 e. The second-order valence-corrected chi connectivity index (χ2v) is 3.57. The molecule has 0 saturated heterocycles. The molecule has 0 aliphatic carbocycles. The van der Waals surface area contributed by atoms with Crippen molar-refractivity contribution in [1.82, 2.24) is 0 Å². The summed E-state index contributed by atoms with van der Waals surface area (Å²) >= 11 is 1.69. The standard InChI is InChI=1S/C7H17O2PS/c1-6(8-2)7(4-10)9-5-11-3/h6-7H,4-5,10H2,1-3H3. The maximum atomic E-state index is 5.51. The second kappa shape index (κ2) is 7.35. The van der Waals surface area contributed by atoms with E-state index in [4.69, 9.17) is 9.47 Å². The maximum Gasteiger partial charge on any atom is 0.0923 e. The first kappa shape index (κ1) is 11.7. The van der Waals surface area contributed by atoms with Gasteiger partial charge in [-0.15, -0.1) is 21.0 Å². The summed E-state index contributed by atoms with van der Waals surface area (Å²) in [6, 6.07) is 0. The first-order valence-electron chi connectivity index (χ1n) is 3.59. The topological polar surface area (TPSA) is 18.5 Å². The van der Waals surface area contributed by atoms with Crippen LogP contribution in [0.25, 0.3) is 0 Å². The van der Waals surface area contributed by atoms with Gasteiger partial charge in [-0.2, -0.15) is 0 Å². The van der Waals surface area contributed by atoms with E-state index >= 15 is 0 Å². The number of ether oxygens (including phenoxy) is 2. The van der Waals surface area contributed by atoms with Crippen LogP contribution in [0.4, 0.5) is 0 Å². The molecular weight excluding hydrogens is 179 g/mol. The molecule has 0 aliphatic heterocycles. The molecule has 0 aromatic heterocycles. The van der Waals surface area contributed by atoms with Gasteiger partial charge in [-0.25, -0.2) is 0 Å². The van der Waals surface area contributed by atoms with Crippen molar-refractivity contribution >= 4 is 21.0 Å². The highest BCUT2D eigenvalue weighted by atomic mass is 32.2. The van der Waals surface area contributed by atoms with E-state index in [0.29, 0.717) is 0 Å². The Kier molecular flexibility index (Phi) is 7.82. The fourth-order valence-corrected chi connectivity index (χ4v) is 1.53. The lowest BCUT2D eigenvalue weighted by molar-refractivity contribution is -0.0187. The van der Waals surface area contributed by atoms with Crippen molar-refractivity contribution in [2.45, 2.75) is 19.1 Å².